The molecule has 0 aliphatic carbocycles. The standard InChI is InChI=1S/C14H9ClF3NO3S/c15-6-13(21)19-9-5-8(14(16,17)18)1-2-10(9)22-11-3-4-23-12(11)7-20/h1-5,7H,6H2,(H,19,21). The van der Waals surface area contributed by atoms with Crippen molar-refractivity contribution in [2.75, 3.05) is 11.2 Å². The summed E-state index contributed by atoms with van der Waals surface area (Å²) in [6.45, 7) is 0. The van der Waals surface area contributed by atoms with E-state index in [0.29, 0.717) is 6.29 Å². The molecule has 0 saturated heterocycles. The molecule has 0 saturated carbocycles. The van der Waals surface area contributed by atoms with Crippen LogP contribution in [0.5, 0.6) is 11.5 Å². The van der Waals surface area contributed by atoms with Crippen molar-refractivity contribution in [3.8, 4) is 11.5 Å². The second-order valence-corrected chi connectivity index (χ2v) is 5.47. The Morgan fingerprint density at radius 2 is 2.04 bits per heavy atom. The second-order valence-electron chi connectivity index (χ2n) is 4.26. The van der Waals surface area contributed by atoms with Gasteiger partial charge in [0.05, 0.1) is 11.3 Å². The van der Waals surface area contributed by atoms with Crippen molar-refractivity contribution in [2.45, 2.75) is 6.18 Å². The molecule has 2 rings (SSSR count). The third kappa shape index (κ3) is 4.23. The van der Waals surface area contributed by atoms with Crippen molar-refractivity contribution in [1.82, 2.24) is 0 Å². The molecule has 2 aromatic rings. The summed E-state index contributed by atoms with van der Waals surface area (Å²) in [5, 5.41) is 3.84. The van der Waals surface area contributed by atoms with Gasteiger partial charge < -0.3 is 10.1 Å². The molecule has 0 spiro atoms. The van der Waals surface area contributed by atoms with Crippen LogP contribution >= 0.6 is 22.9 Å². The summed E-state index contributed by atoms with van der Waals surface area (Å²) in [5.41, 5.74) is -1.14. The van der Waals surface area contributed by atoms with Crippen LogP contribution in [0.15, 0.2) is 29.6 Å². The van der Waals surface area contributed by atoms with E-state index < -0.39 is 23.5 Å². The van der Waals surface area contributed by atoms with Gasteiger partial charge in [0, 0.05) is 0 Å². The van der Waals surface area contributed by atoms with E-state index >= 15 is 0 Å². The molecule has 0 unspecified atom stereocenters. The highest BCUT2D eigenvalue weighted by molar-refractivity contribution is 7.12. The Balaban J connectivity index is 2.41. The first kappa shape index (κ1) is 17.3. The predicted molar refractivity (Wildman–Crippen MR) is 80.6 cm³/mol. The molecular formula is C14H9ClF3NO3S. The smallest absolute Gasteiger partial charge is 0.416 e. The number of anilines is 1. The number of carbonyl (C=O) groups excluding carboxylic acids is 2. The number of ether oxygens (including phenoxy) is 1. The van der Waals surface area contributed by atoms with Crippen molar-refractivity contribution in [1.29, 1.82) is 0 Å². The van der Waals surface area contributed by atoms with Crippen LogP contribution in [-0.4, -0.2) is 18.1 Å². The fourth-order valence-electron chi connectivity index (χ4n) is 1.67. The SMILES string of the molecule is O=Cc1sccc1Oc1ccc(C(F)(F)F)cc1NC(=O)CCl. The van der Waals surface area contributed by atoms with Gasteiger partial charge >= 0.3 is 6.18 Å². The molecule has 23 heavy (non-hydrogen) atoms. The Hall–Kier alpha value is -2.06. The minimum Gasteiger partial charge on any atom is -0.454 e. The minimum absolute atomic E-state index is 0.0297. The summed E-state index contributed by atoms with van der Waals surface area (Å²) >= 11 is 6.47. The number of thiophene rings is 1. The highest BCUT2D eigenvalue weighted by Gasteiger charge is 2.31. The second kappa shape index (κ2) is 7.01. The monoisotopic (exact) mass is 363 g/mol. The normalized spacial score (nSPS) is 11.1. The number of halogens is 4. The van der Waals surface area contributed by atoms with Crippen molar-refractivity contribution in [2.24, 2.45) is 0 Å². The lowest BCUT2D eigenvalue weighted by molar-refractivity contribution is -0.137. The van der Waals surface area contributed by atoms with E-state index in [9.17, 15) is 22.8 Å². The molecule has 0 aliphatic rings. The van der Waals surface area contributed by atoms with Crippen LogP contribution in [0.25, 0.3) is 0 Å². The Morgan fingerprint density at radius 3 is 2.65 bits per heavy atom. The van der Waals surface area contributed by atoms with Gasteiger partial charge in [-0.25, -0.2) is 0 Å². The van der Waals surface area contributed by atoms with E-state index in [0.717, 1.165) is 29.5 Å². The summed E-state index contributed by atoms with van der Waals surface area (Å²) in [5.74, 6) is -0.950. The Kier molecular flexibility index (Phi) is 5.27. The van der Waals surface area contributed by atoms with E-state index in [2.05, 4.69) is 5.32 Å². The van der Waals surface area contributed by atoms with E-state index in [1.54, 1.807) is 5.38 Å². The van der Waals surface area contributed by atoms with Crippen LogP contribution in [0.2, 0.25) is 0 Å². The predicted octanol–water partition coefficient (Wildman–Crippen LogP) is 4.55. The molecule has 1 N–H and O–H groups in total. The largest absolute Gasteiger partial charge is 0.454 e. The Bertz CT molecular complexity index is 730. The van der Waals surface area contributed by atoms with Gasteiger partial charge in [-0.1, -0.05) is 0 Å². The van der Waals surface area contributed by atoms with Gasteiger partial charge in [-0.15, -0.1) is 22.9 Å². The van der Waals surface area contributed by atoms with Crippen LogP contribution in [0.1, 0.15) is 15.2 Å². The lowest BCUT2D eigenvalue weighted by Gasteiger charge is -2.14. The summed E-state index contributed by atoms with van der Waals surface area (Å²) in [6.07, 6.45) is -4.00. The Morgan fingerprint density at radius 1 is 1.30 bits per heavy atom. The minimum atomic E-state index is -4.57. The molecule has 0 fully saturated rings. The third-order valence-corrected chi connectivity index (χ3v) is 3.75. The maximum absolute atomic E-state index is 12.8. The van der Waals surface area contributed by atoms with Crippen molar-refractivity contribution < 1.29 is 27.5 Å². The van der Waals surface area contributed by atoms with Gasteiger partial charge in [0.1, 0.15) is 16.5 Å². The van der Waals surface area contributed by atoms with E-state index in [1.165, 1.54) is 6.07 Å². The molecule has 4 nitrogen and oxygen atoms in total. The van der Waals surface area contributed by atoms with Crippen LogP contribution < -0.4 is 10.1 Å². The Labute approximate surface area is 137 Å². The molecule has 0 bridgehead atoms. The number of rotatable bonds is 5. The van der Waals surface area contributed by atoms with Crippen molar-refractivity contribution >= 4 is 40.8 Å². The van der Waals surface area contributed by atoms with Crippen LogP contribution in [0.3, 0.4) is 0 Å². The van der Waals surface area contributed by atoms with Gasteiger partial charge in [-0.2, -0.15) is 13.2 Å². The third-order valence-electron chi connectivity index (χ3n) is 2.69. The van der Waals surface area contributed by atoms with Gasteiger partial charge in [0.15, 0.2) is 12.0 Å². The number of hydrogen-bond donors (Lipinski definition) is 1. The zero-order chi connectivity index (χ0) is 17.0. The summed E-state index contributed by atoms with van der Waals surface area (Å²) in [4.78, 5) is 22.5. The van der Waals surface area contributed by atoms with Crippen LogP contribution in [0, 0.1) is 0 Å². The topological polar surface area (TPSA) is 55.4 Å². The average Bonchev–Trinajstić information content (AvgIpc) is 2.95. The first-order valence-electron chi connectivity index (χ1n) is 6.12. The van der Waals surface area contributed by atoms with Gasteiger partial charge in [0.25, 0.3) is 0 Å². The number of alkyl halides is 4. The summed E-state index contributed by atoms with van der Waals surface area (Å²) in [6, 6.07) is 4.13. The van der Waals surface area contributed by atoms with E-state index in [1.807, 2.05) is 0 Å². The highest BCUT2D eigenvalue weighted by Crippen LogP contribution is 2.38. The average molecular weight is 364 g/mol. The van der Waals surface area contributed by atoms with E-state index in [-0.39, 0.29) is 22.1 Å². The van der Waals surface area contributed by atoms with Gasteiger partial charge in [-0.05, 0) is 29.6 Å². The molecule has 122 valence electrons. The highest BCUT2D eigenvalue weighted by atomic mass is 35.5. The van der Waals surface area contributed by atoms with Crippen LogP contribution in [-0.2, 0) is 11.0 Å². The maximum Gasteiger partial charge on any atom is 0.416 e. The molecule has 1 aromatic carbocycles. The quantitative estimate of drug-likeness (QED) is 0.626. The molecule has 1 amide bonds. The number of amides is 1. The number of nitrogens with one attached hydrogen (secondary N) is 1. The first-order chi connectivity index (χ1) is 10.8. The molecule has 0 aliphatic heterocycles. The first-order valence-corrected chi connectivity index (χ1v) is 7.54. The van der Waals surface area contributed by atoms with Crippen molar-refractivity contribution in [3.05, 3.63) is 40.1 Å². The molecule has 1 aromatic heterocycles. The van der Waals surface area contributed by atoms with Gasteiger partial charge in [0.2, 0.25) is 5.91 Å². The lowest BCUT2D eigenvalue weighted by atomic mass is 10.1. The van der Waals surface area contributed by atoms with Crippen molar-refractivity contribution in [3.63, 3.8) is 0 Å². The zero-order valence-electron chi connectivity index (χ0n) is 11.3. The number of carbonyl (C=O) groups is 2. The lowest BCUT2D eigenvalue weighted by Crippen LogP contribution is -2.14. The molecule has 0 atom stereocenters. The molecule has 1 heterocycles. The van der Waals surface area contributed by atoms with Gasteiger partial charge in [-0.3, -0.25) is 9.59 Å². The summed E-state index contributed by atoms with van der Waals surface area (Å²) in [7, 11) is 0. The summed E-state index contributed by atoms with van der Waals surface area (Å²) < 4.78 is 43.8. The zero-order valence-corrected chi connectivity index (χ0v) is 12.9. The molecular weight excluding hydrogens is 355 g/mol. The molecule has 0 radical (unpaired) electrons. The fourth-order valence-corrected chi connectivity index (χ4v) is 2.36. The fraction of sp³-hybridized carbons (Fsp3) is 0.143. The number of aldehydes is 1. The number of hydrogen-bond acceptors (Lipinski definition) is 4. The number of benzene rings is 1. The maximum atomic E-state index is 12.8. The van der Waals surface area contributed by atoms with Crippen LogP contribution in [0.4, 0.5) is 18.9 Å². The molecule has 9 heteroatoms. The van der Waals surface area contributed by atoms with E-state index in [4.69, 9.17) is 16.3 Å².